The molecule has 0 fully saturated rings. The second-order valence-electron chi connectivity index (χ2n) is 18.6. The fraction of sp³-hybridized carbons (Fsp3) is 0.857. The molecule has 0 heterocycles. The molecule has 6 heteroatoms. The van der Waals surface area contributed by atoms with Crippen molar-refractivity contribution >= 4 is 11.9 Å². The number of unbranched alkanes of at least 4 members (excludes halogenated alkanes) is 33. The van der Waals surface area contributed by atoms with Crippen LogP contribution in [-0.2, 0) is 14.3 Å². The summed E-state index contributed by atoms with van der Waals surface area (Å²) in [7, 11) is 0. The van der Waals surface area contributed by atoms with Gasteiger partial charge in [-0.05, 0) is 89.9 Å². The van der Waals surface area contributed by atoms with E-state index in [0.29, 0.717) is 25.9 Å². The van der Waals surface area contributed by atoms with Crippen LogP contribution >= 0.6 is 0 Å². The first-order chi connectivity index (χ1) is 30.5. The SMILES string of the molecule is CCCCCCCC/C=C\CCCCCCCC(=O)OCCCCC/C=C\C/C=C\CCCCCCCCCC(=O)NC(CO)C(O)CCCCCCCCCCCCCCC. The van der Waals surface area contributed by atoms with E-state index in [9.17, 15) is 19.8 Å². The van der Waals surface area contributed by atoms with Crippen LogP contribution in [0.15, 0.2) is 36.5 Å². The Morgan fingerprint density at radius 2 is 0.806 bits per heavy atom. The lowest BCUT2D eigenvalue weighted by Gasteiger charge is -2.22. The predicted molar refractivity (Wildman–Crippen MR) is 269 cm³/mol. The number of rotatable bonds is 50. The third-order valence-corrected chi connectivity index (χ3v) is 12.4. The Bertz CT molecular complexity index is 1010. The minimum absolute atomic E-state index is 0.0237. The zero-order valence-electron chi connectivity index (χ0n) is 41.4. The lowest BCUT2D eigenvalue weighted by molar-refractivity contribution is -0.143. The van der Waals surface area contributed by atoms with E-state index in [-0.39, 0.29) is 18.5 Å². The third-order valence-electron chi connectivity index (χ3n) is 12.4. The molecule has 0 saturated carbocycles. The quantitative estimate of drug-likeness (QED) is 0.0321. The predicted octanol–water partition coefficient (Wildman–Crippen LogP) is 16.5. The van der Waals surface area contributed by atoms with Crippen molar-refractivity contribution in [1.82, 2.24) is 5.32 Å². The van der Waals surface area contributed by atoms with Crippen LogP contribution in [0.5, 0.6) is 0 Å². The van der Waals surface area contributed by atoms with Crippen LogP contribution in [0.2, 0.25) is 0 Å². The van der Waals surface area contributed by atoms with Gasteiger partial charge in [-0.2, -0.15) is 0 Å². The Morgan fingerprint density at radius 1 is 0.452 bits per heavy atom. The van der Waals surface area contributed by atoms with E-state index >= 15 is 0 Å². The molecule has 2 atom stereocenters. The molecule has 2 unspecified atom stereocenters. The largest absolute Gasteiger partial charge is 0.466 e. The van der Waals surface area contributed by atoms with Crippen LogP contribution in [0, 0.1) is 0 Å². The van der Waals surface area contributed by atoms with Crippen LogP contribution in [-0.4, -0.2) is 47.4 Å². The van der Waals surface area contributed by atoms with Crippen molar-refractivity contribution in [2.45, 2.75) is 296 Å². The first-order valence-electron chi connectivity index (χ1n) is 27.2. The minimum atomic E-state index is -0.674. The molecule has 6 nitrogen and oxygen atoms in total. The molecular weight excluding hydrogens is 767 g/mol. The smallest absolute Gasteiger partial charge is 0.305 e. The van der Waals surface area contributed by atoms with Crippen molar-refractivity contribution in [2.24, 2.45) is 0 Å². The number of carbonyl (C=O) groups excluding carboxylic acids is 2. The van der Waals surface area contributed by atoms with Gasteiger partial charge >= 0.3 is 5.97 Å². The van der Waals surface area contributed by atoms with Crippen molar-refractivity contribution in [2.75, 3.05) is 13.2 Å². The van der Waals surface area contributed by atoms with E-state index in [1.165, 1.54) is 167 Å². The molecule has 0 saturated heterocycles. The first-order valence-corrected chi connectivity index (χ1v) is 27.2. The maximum Gasteiger partial charge on any atom is 0.305 e. The number of carbonyl (C=O) groups is 2. The maximum absolute atomic E-state index is 12.4. The molecule has 0 aromatic heterocycles. The second-order valence-corrected chi connectivity index (χ2v) is 18.6. The summed E-state index contributed by atoms with van der Waals surface area (Å²) in [5, 5.41) is 23.2. The van der Waals surface area contributed by atoms with E-state index in [0.717, 1.165) is 83.5 Å². The summed E-state index contributed by atoms with van der Waals surface area (Å²) >= 11 is 0. The highest BCUT2D eigenvalue weighted by molar-refractivity contribution is 5.76. The second kappa shape index (κ2) is 51.7. The Morgan fingerprint density at radius 3 is 1.24 bits per heavy atom. The number of hydrogen-bond acceptors (Lipinski definition) is 5. The fourth-order valence-electron chi connectivity index (χ4n) is 8.19. The Balaban J connectivity index is 3.50. The van der Waals surface area contributed by atoms with Crippen molar-refractivity contribution in [1.29, 1.82) is 0 Å². The lowest BCUT2D eigenvalue weighted by Crippen LogP contribution is -2.45. The topological polar surface area (TPSA) is 95.9 Å². The Kier molecular flexibility index (Phi) is 50.1. The van der Waals surface area contributed by atoms with Crippen molar-refractivity contribution < 1.29 is 24.5 Å². The molecule has 3 N–H and O–H groups in total. The van der Waals surface area contributed by atoms with Gasteiger partial charge in [0, 0.05) is 12.8 Å². The molecule has 0 bridgehead atoms. The number of aliphatic hydroxyl groups excluding tert-OH is 2. The molecule has 0 radical (unpaired) electrons. The number of nitrogens with one attached hydrogen (secondary N) is 1. The van der Waals surface area contributed by atoms with Crippen LogP contribution in [0.3, 0.4) is 0 Å². The van der Waals surface area contributed by atoms with Gasteiger partial charge in [0.1, 0.15) is 0 Å². The molecule has 0 rings (SSSR count). The zero-order valence-corrected chi connectivity index (χ0v) is 41.4. The van der Waals surface area contributed by atoms with E-state index in [1.807, 2.05) is 0 Å². The number of esters is 1. The van der Waals surface area contributed by atoms with E-state index in [2.05, 4.69) is 55.6 Å². The molecule has 1 amide bonds. The third kappa shape index (κ3) is 47.6. The molecule has 0 aliphatic rings. The van der Waals surface area contributed by atoms with Gasteiger partial charge < -0.3 is 20.3 Å². The summed E-state index contributed by atoms with van der Waals surface area (Å²) in [6.45, 7) is 4.89. The number of allylic oxidation sites excluding steroid dienone is 6. The molecule has 0 aliphatic carbocycles. The normalized spacial score (nSPS) is 12.9. The first kappa shape index (κ1) is 60.1. The van der Waals surface area contributed by atoms with E-state index < -0.39 is 12.1 Å². The van der Waals surface area contributed by atoms with Gasteiger partial charge in [-0.3, -0.25) is 9.59 Å². The van der Waals surface area contributed by atoms with Gasteiger partial charge in [0.25, 0.3) is 0 Å². The number of ether oxygens (including phenoxy) is 1. The molecule has 0 aromatic carbocycles. The van der Waals surface area contributed by atoms with E-state index in [4.69, 9.17) is 4.74 Å². The molecule has 0 aliphatic heterocycles. The number of hydrogen-bond donors (Lipinski definition) is 3. The molecule has 0 spiro atoms. The van der Waals surface area contributed by atoms with Gasteiger partial charge in [0.15, 0.2) is 0 Å². The molecule has 364 valence electrons. The minimum Gasteiger partial charge on any atom is -0.466 e. The summed E-state index contributed by atoms with van der Waals surface area (Å²) in [5.41, 5.74) is 0. The summed E-state index contributed by atoms with van der Waals surface area (Å²) < 4.78 is 5.44. The molecule has 62 heavy (non-hydrogen) atoms. The highest BCUT2D eigenvalue weighted by Gasteiger charge is 2.20. The van der Waals surface area contributed by atoms with Gasteiger partial charge in [-0.1, -0.05) is 217 Å². The van der Waals surface area contributed by atoms with Crippen LogP contribution in [0.25, 0.3) is 0 Å². The highest BCUT2D eigenvalue weighted by Crippen LogP contribution is 2.16. The van der Waals surface area contributed by atoms with Gasteiger partial charge in [0.2, 0.25) is 5.91 Å². The fourth-order valence-corrected chi connectivity index (χ4v) is 8.19. The van der Waals surface area contributed by atoms with Crippen LogP contribution in [0.4, 0.5) is 0 Å². The van der Waals surface area contributed by atoms with Gasteiger partial charge in [-0.15, -0.1) is 0 Å². The summed E-state index contributed by atoms with van der Waals surface area (Å²) in [6.07, 6.45) is 62.6. The Labute approximate surface area is 385 Å². The monoisotopic (exact) mass is 872 g/mol. The number of amides is 1. The average molecular weight is 872 g/mol. The average Bonchev–Trinajstić information content (AvgIpc) is 3.27. The van der Waals surface area contributed by atoms with Gasteiger partial charge in [-0.25, -0.2) is 0 Å². The maximum atomic E-state index is 12.4. The Hall–Kier alpha value is -1.92. The summed E-state index contributed by atoms with van der Waals surface area (Å²) in [4.78, 5) is 24.5. The lowest BCUT2D eigenvalue weighted by atomic mass is 10.0. The van der Waals surface area contributed by atoms with Crippen LogP contribution in [0.1, 0.15) is 284 Å². The zero-order chi connectivity index (χ0) is 45.1. The molecular formula is C56H105NO5. The summed E-state index contributed by atoms with van der Waals surface area (Å²) in [6, 6.07) is -0.553. The summed E-state index contributed by atoms with van der Waals surface area (Å²) in [5.74, 6) is -0.0756. The van der Waals surface area contributed by atoms with E-state index in [1.54, 1.807) is 0 Å². The highest BCUT2D eigenvalue weighted by atomic mass is 16.5. The van der Waals surface area contributed by atoms with Crippen molar-refractivity contribution in [3.05, 3.63) is 36.5 Å². The standard InChI is InChI=1S/C56H105NO5/c1-3-5-7-9-11-13-15-17-21-26-30-34-38-42-46-50-56(61)62-51-47-43-39-35-31-27-23-20-18-19-22-25-29-33-37-41-45-49-55(60)57-53(52-58)54(59)48-44-40-36-32-28-24-16-14-12-10-8-6-4-2/h17-18,20-21,27,31,53-54,58-59H,3-16,19,22-26,28-30,32-52H2,1-2H3,(H,57,60)/b20-18-,21-17-,31-27-. The molecule has 0 aromatic rings. The van der Waals surface area contributed by atoms with Crippen molar-refractivity contribution in [3.63, 3.8) is 0 Å². The van der Waals surface area contributed by atoms with Crippen LogP contribution < -0.4 is 5.32 Å². The number of aliphatic hydroxyl groups is 2. The van der Waals surface area contributed by atoms with Crippen molar-refractivity contribution in [3.8, 4) is 0 Å². The van der Waals surface area contributed by atoms with Gasteiger partial charge in [0.05, 0.1) is 25.4 Å².